The number of aliphatic hydroxyl groups is 3. The topological polar surface area (TPSA) is 308 Å². The molecule has 0 fully saturated rings. The second kappa shape index (κ2) is 24.1. The number of carbonyl (C=O) groups is 5. The van der Waals surface area contributed by atoms with E-state index in [4.69, 9.17) is 24.9 Å². The Balaban J connectivity index is 1.14. The lowest BCUT2D eigenvalue weighted by atomic mass is 10.1. The monoisotopic (exact) mass is 1130 g/mol. The molecule has 0 saturated heterocycles. The average Bonchev–Trinajstić information content (AvgIpc) is 4.24. The molecular weight excluding hydrogens is 1080 g/mol. The fourth-order valence-corrected chi connectivity index (χ4v) is 12.6. The zero-order valence-corrected chi connectivity index (χ0v) is 46.1. The molecule has 0 saturated carbocycles. The van der Waals surface area contributed by atoms with Crippen LogP contribution in [0.25, 0.3) is 49.1 Å². The molecule has 8 bridgehead atoms. The first-order valence-corrected chi connectivity index (χ1v) is 28.6. The van der Waals surface area contributed by atoms with Crippen LogP contribution in [0.3, 0.4) is 0 Å². The van der Waals surface area contributed by atoms with E-state index in [9.17, 15) is 39.3 Å². The van der Waals surface area contributed by atoms with Gasteiger partial charge in [0.1, 0.15) is 82.0 Å². The van der Waals surface area contributed by atoms with Crippen molar-refractivity contribution >= 4 is 103 Å². The summed E-state index contributed by atoms with van der Waals surface area (Å²) in [5.74, 6) is -3.00. The van der Waals surface area contributed by atoms with E-state index < -0.39 is 59.9 Å². The van der Waals surface area contributed by atoms with Crippen LogP contribution in [0.4, 0.5) is 0 Å². The van der Waals surface area contributed by atoms with Gasteiger partial charge in [0.15, 0.2) is 0 Å². The van der Waals surface area contributed by atoms with Gasteiger partial charge < -0.3 is 47.2 Å². The summed E-state index contributed by atoms with van der Waals surface area (Å²) in [5.41, 5.74) is 3.34. The number of fused-ring (bicyclic) bond motifs is 11. The van der Waals surface area contributed by atoms with Crippen LogP contribution in [-0.2, 0) is 16.1 Å². The number of thiazole rings is 6. The van der Waals surface area contributed by atoms with Crippen molar-refractivity contribution in [3.05, 3.63) is 100 Å². The number of amides is 5. The molecule has 0 radical (unpaired) electrons. The third-order valence-corrected chi connectivity index (χ3v) is 16.6. The average molecular weight is 1130 g/mol. The van der Waals surface area contributed by atoms with Crippen molar-refractivity contribution in [2.45, 2.75) is 91.4 Å². The minimum absolute atomic E-state index is 0.000595. The number of rotatable bonds is 10. The van der Waals surface area contributed by atoms with E-state index in [1.54, 1.807) is 60.5 Å². The number of pyridine rings is 1. The first-order chi connectivity index (χ1) is 35.9. The summed E-state index contributed by atoms with van der Waals surface area (Å²) in [6.45, 7) is 12.2. The SMILES string of the molecule is C/C=C(\NC(=O)c1csc(-c2csc(-c3ccc4c(n3)-c3csc(n3)C([C@H](C)O)NC(=O)c3csc(n3)[C@H](C(C)C)NCc3csc(n3)/C(=C/C)NC(=O)[C@H]([C@@H](C)O)NC(=O)c3csc-4n3)n2)n1)C(=O)NC[C@@H](C)O. The van der Waals surface area contributed by atoms with E-state index in [0.29, 0.717) is 76.3 Å². The molecule has 7 aromatic rings. The van der Waals surface area contributed by atoms with E-state index >= 15 is 0 Å². The molecule has 0 aromatic carbocycles. The molecule has 8 heterocycles. The Morgan fingerprint density at radius 3 is 1.96 bits per heavy atom. The molecule has 21 nitrogen and oxygen atoms in total. The fraction of sp³-hybridized carbons (Fsp3) is 0.333. The van der Waals surface area contributed by atoms with Gasteiger partial charge in [-0.3, -0.25) is 24.0 Å². The Morgan fingerprint density at radius 2 is 1.27 bits per heavy atom. The van der Waals surface area contributed by atoms with Gasteiger partial charge in [-0.05, 0) is 52.7 Å². The van der Waals surface area contributed by atoms with Crippen LogP contribution < -0.4 is 31.9 Å². The largest absolute Gasteiger partial charge is 0.392 e. The predicted octanol–water partition coefficient (Wildman–Crippen LogP) is 5.93. The lowest BCUT2D eigenvalue weighted by Gasteiger charge is -2.21. The fourth-order valence-electron chi connectivity index (χ4n) is 7.31. The van der Waals surface area contributed by atoms with Gasteiger partial charge in [0.25, 0.3) is 23.6 Å². The summed E-state index contributed by atoms with van der Waals surface area (Å²) in [7, 11) is 0. The first kappa shape index (κ1) is 54.8. The summed E-state index contributed by atoms with van der Waals surface area (Å²) >= 11 is 7.43. The summed E-state index contributed by atoms with van der Waals surface area (Å²) in [6, 6.07) is 0.908. The maximum Gasteiger partial charge on any atom is 0.275 e. The zero-order valence-electron chi connectivity index (χ0n) is 41.2. The van der Waals surface area contributed by atoms with E-state index in [1.165, 1.54) is 82.0 Å². The van der Waals surface area contributed by atoms with Crippen molar-refractivity contribution in [1.29, 1.82) is 0 Å². The highest BCUT2D eigenvalue weighted by Crippen LogP contribution is 2.38. The molecule has 392 valence electrons. The van der Waals surface area contributed by atoms with Crippen LogP contribution in [0.1, 0.15) is 113 Å². The molecule has 1 aliphatic rings. The highest BCUT2D eigenvalue weighted by Gasteiger charge is 2.31. The first-order valence-electron chi connectivity index (χ1n) is 23.3. The number of nitrogens with one attached hydrogen (secondary N) is 6. The Morgan fingerprint density at radius 1 is 0.667 bits per heavy atom. The Labute approximate surface area is 453 Å². The zero-order chi connectivity index (χ0) is 53.7. The van der Waals surface area contributed by atoms with Gasteiger partial charge in [-0.2, -0.15) is 0 Å². The highest BCUT2D eigenvalue weighted by atomic mass is 32.1. The Kier molecular flexibility index (Phi) is 17.6. The smallest absolute Gasteiger partial charge is 0.275 e. The molecular formula is C48H51N13O8S6. The highest BCUT2D eigenvalue weighted by molar-refractivity contribution is 7.15. The van der Waals surface area contributed by atoms with E-state index in [0.717, 1.165) is 11.3 Å². The summed E-state index contributed by atoms with van der Waals surface area (Å²) < 4.78 is 0. The van der Waals surface area contributed by atoms with Crippen molar-refractivity contribution in [3.8, 4) is 43.4 Å². The number of allylic oxidation sites excluding steroid dienone is 2. The van der Waals surface area contributed by atoms with E-state index in [2.05, 4.69) is 41.9 Å². The quantitative estimate of drug-likeness (QED) is 0.0717. The van der Waals surface area contributed by atoms with Crippen LogP contribution in [0.5, 0.6) is 0 Å². The molecule has 7 aromatic heterocycles. The van der Waals surface area contributed by atoms with Crippen LogP contribution in [0.2, 0.25) is 0 Å². The molecule has 1 unspecified atom stereocenters. The normalized spacial score (nSPS) is 18.7. The van der Waals surface area contributed by atoms with Crippen molar-refractivity contribution in [2.24, 2.45) is 5.92 Å². The molecule has 0 aliphatic carbocycles. The van der Waals surface area contributed by atoms with Gasteiger partial charge in [-0.15, -0.1) is 68.0 Å². The van der Waals surface area contributed by atoms with Crippen LogP contribution in [0.15, 0.2) is 62.3 Å². The van der Waals surface area contributed by atoms with Gasteiger partial charge in [0.2, 0.25) is 5.91 Å². The Bertz CT molecular complexity index is 3290. The Hall–Kier alpha value is -6.40. The van der Waals surface area contributed by atoms with Crippen molar-refractivity contribution < 1.29 is 39.3 Å². The lowest BCUT2D eigenvalue weighted by molar-refractivity contribution is -0.124. The van der Waals surface area contributed by atoms with Crippen molar-refractivity contribution in [2.75, 3.05) is 6.54 Å². The second-order valence-electron chi connectivity index (χ2n) is 17.4. The summed E-state index contributed by atoms with van der Waals surface area (Å²) in [4.78, 5) is 101. The lowest BCUT2D eigenvalue weighted by Crippen LogP contribution is -2.52. The van der Waals surface area contributed by atoms with Crippen LogP contribution in [0, 0.1) is 5.92 Å². The maximum atomic E-state index is 13.9. The maximum absolute atomic E-state index is 13.9. The van der Waals surface area contributed by atoms with Gasteiger partial charge >= 0.3 is 0 Å². The molecule has 0 spiro atoms. The number of carbonyl (C=O) groups excluding carboxylic acids is 5. The molecule has 1 aliphatic heterocycles. The summed E-state index contributed by atoms with van der Waals surface area (Å²) in [5, 5.41) is 61.5. The predicted molar refractivity (Wildman–Crippen MR) is 290 cm³/mol. The molecule has 8 rings (SSSR count). The van der Waals surface area contributed by atoms with E-state index in [-0.39, 0.29) is 41.3 Å². The van der Waals surface area contributed by atoms with Gasteiger partial charge in [0.05, 0.1) is 41.4 Å². The minimum atomic E-state index is -1.37. The summed E-state index contributed by atoms with van der Waals surface area (Å²) in [6.07, 6.45) is -0.0322. The van der Waals surface area contributed by atoms with Gasteiger partial charge in [-0.1, -0.05) is 26.0 Å². The van der Waals surface area contributed by atoms with Crippen molar-refractivity contribution in [1.82, 2.24) is 66.8 Å². The van der Waals surface area contributed by atoms with Crippen LogP contribution in [-0.4, -0.2) is 111 Å². The number of hydrogen-bond donors (Lipinski definition) is 9. The van der Waals surface area contributed by atoms with Gasteiger partial charge in [-0.25, -0.2) is 34.9 Å². The second-order valence-corrected chi connectivity index (χ2v) is 22.6. The van der Waals surface area contributed by atoms with Gasteiger partial charge in [0, 0.05) is 50.9 Å². The minimum Gasteiger partial charge on any atom is -0.392 e. The van der Waals surface area contributed by atoms with Crippen molar-refractivity contribution in [3.63, 3.8) is 0 Å². The standard InChI is InChI=1S/C48H51N13O8S6/c1-8-26(38(65)50-12-21(5)62)53-39(66)30-17-72-46(57-30)33-19-73-45(59-33)28-11-10-25-37(52-28)29-15-74-48(55-29)36(23(7)64)61-41(68)32-18-75-47(58-32)34(20(3)4)49-13-24-14-70-44(51-24)27(9-2)54-42(69)35(22(6)63)60-40(67)31-16-71-43(25)56-31/h8-11,14-23,34-36,49,62-64H,12-13H2,1-7H3,(H,50,65)(H,53,66)(H,54,69)(H,60,67)(H,61,68)/b26-8-,27-9-/t21-,22-,23+,34+,35+,36?/m1/s1. The molecule has 6 atom stereocenters. The third kappa shape index (κ3) is 12.8. The molecule has 27 heteroatoms. The molecule has 75 heavy (non-hydrogen) atoms. The third-order valence-electron chi connectivity index (χ3n) is 11.3. The number of aliphatic hydroxyl groups excluding tert-OH is 3. The number of aromatic nitrogens is 7. The molecule has 5 amide bonds. The number of hydrogen-bond acceptors (Lipinski definition) is 22. The number of nitrogens with zero attached hydrogens (tertiary/aromatic N) is 7. The molecule has 9 N–H and O–H groups in total. The van der Waals surface area contributed by atoms with Crippen LogP contribution >= 0.6 is 68.0 Å². The van der Waals surface area contributed by atoms with E-state index in [1.807, 2.05) is 19.2 Å².